The summed E-state index contributed by atoms with van der Waals surface area (Å²) in [5, 5.41) is 7.10. The zero-order chi connectivity index (χ0) is 18.7. The van der Waals surface area contributed by atoms with E-state index in [1.807, 2.05) is 0 Å². The van der Waals surface area contributed by atoms with Crippen molar-refractivity contribution in [3.63, 3.8) is 0 Å². The van der Waals surface area contributed by atoms with Crippen LogP contribution in [-0.2, 0) is 0 Å². The first-order valence-electron chi connectivity index (χ1n) is 8.58. The Morgan fingerprint density at radius 1 is 1.07 bits per heavy atom. The summed E-state index contributed by atoms with van der Waals surface area (Å²) in [5.41, 5.74) is 1.12. The van der Waals surface area contributed by atoms with Crippen LogP contribution < -0.4 is 10.6 Å². The second-order valence-electron chi connectivity index (χ2n) is 6.55. The van der Waals surface area contributed by atoms with Crippen LogP contribution in [0.2, 0.25) is 10.0 Å². The fourth-order valence-electron chi connectivity index (χ4n) is 3.20. The van der Waals surface area contributed by atoms with E-state index in [1.165, 1.54) is 6.07 Å². The third-order valence-electron chi connectivity index (χ3n) is 4.56. The zero-order valence-electron chi connectivity index (χ0n) is 14.8. The van der Waals surface area contributed by atoms with Gasteiger partial charge in [-0.3, -0.25) is 9.59 Å². The van der Waals surface area contributed by atoms with Gasteiger partial charge in [0.1, 0.15) is 0 Å². The highest BCUT2D eigenvalue weighted by Gasteiger charge is 2.23. The van der Waals surface area contributed by atoms with Crippen molar-refractivity contribution >= 4 is 47.3 Å². The molecule has 2 N–H and O–H groups in total. The van der Waals surface area contributed by atoms with Crippen molar-refractivity contribution < 1.29 is 9.59 Å². The van der Waals surface area contributed by atoms with Crippen LogP contribution in [0, 0.1) is 0 Å². The number of hydrogen-bond donors (Lipinski definition) is 2. The Balaban J connectivity index is 0.00000261. The van der Waals surface area contributed by atoms with E-state index in [-0.39, 0.29) is 30.1 Å². The molecular weight excluding hydrogens is 407 g/mol. The molecule has 144 valence electrons. The van der Waals surface area contributed by atoms with Crippen LogP contribution >= 0.6 is 35.6 Å². The number of hydrogen-bond acceptors (Lipinski definition) is 3. The van der Waals surface area contributed by atoms with Crippen molar-refractivity contribution in [1.29, 1.82) is 0 Å². The van der Waals surface area contributed by atoms with Crippen LogP contribution in [-0.4, -0.2) is 30.3 Å². The lowest BCUT2D eigenvalue weighted by Gasteiger charge is -2.28. The van der Waals surface area contributed by atoms with Crippen LogP contribution in [0.5, 0.6) is 0 Å². The molecular formula is C20H21Cl3N2O2. The fraction of sp³-hybridized carbons (Fsp3) is 0.300. The van der Waals surface area contributed by atoms with Gasteiger partial charge in [0.15, 0.2) is 5.78 Å². The number of rotatable bonds is 4. The van der Waals surface area contributed by atoms with Gasteiger partial charge in [0.25, 0.3) is 5.91 Å². The van der Waals surface area contributed by atoms with Crippen molar-refractivity contribution in [3.8, 4) is 0 Å². The minimum absolute atomic E-state index is 0. The van der Waals surface area contributed by atoms with Gasteiger partial charge in [0.05, 0.1) is 15.6 Å². The average molecular weight is 428 g/mol. The molecule has 3 rings (SSSR count). The molecule has 0 aromatic heterocycles. The highest BCUT2D eigenvalue weighted by Crippen LogP contribution is 2.25. The van der Waals surface area contributed by atoms with E-state index < -0.39 is 0 Å². The summed E-state index contributed by atoms with van der Waals surface area (Å²) in [6.45, 7) is 2.97. The van der Waals surface area contributed by atoms with Crippen LogP contribution in [0.4, 0.5) is 0 Å². The number of ketones is 1. The number of carbonyl (C=O) groups is 2. The maximum Gasteiger partial charge on any atom is 0.252 e. The van der Waals surface area contributed by atoms with E-state index in [4.69, 9.17) is 23.2 Å². The first kappa shape index (κ1) is 21.7. The summed E-state index contributed by atoms with van der Waals surface area (Å²) in [6, 6.07) is 12.0. The Bertz CT molecular complexity index is 842. The first-order valence-corrected chi connectivity index (χ1v) is 9.34. The van der Waals surface area contributed by atoms with Gasteiger partial charge in [-0.2, -0.15) is 0 Å². The predicted molar refractivity (Wildman–Crippen MR) is 112 cm³/mol. The highest BCUT2D eigenvalue weighted by atomic mass is 35.5. The Labute approximate surface area is 175 Å². The van der Waals surface area contributed by atoms with Gasteiger partial charge < -0.3 is 10.6 Å². The molecule has 1 amide bonds. The molecule has 7 heteroatoms. The largest absolute Gasteiger partial charge is 0.349 e. The molecule has 0 bridgehead atoms. The number of benzene rings is 2. The van der Waals surface area contributed by atoms with Crippen molar-refractivity contribution in [2.75, 3.05) is 6.54 Å². The molecule has 4 nitrogen and oxygen atoms in total. The molecule has 1 heterocycles. The molecule has 0 saturated carbocycles. The maximum absolute atomic E-state index is 12.9. The molecule has 2 unspecified atom stereocenters. The number of nitrogens with one attached hydrogen (secondary N) is 2. The fourth-order valence-corrected chi connectivity index (χ4v) is 3.50. The van der Waals surface area contributed by atoms with E-state index in [9.17, 15) is 9.59 Å². The molecule has 2 aromatic rings. The van der Waals surface area contributed by atoms with Gasteiger partial charge in [-0.15, -0.1) is 12.4 Å². The minimum atomic E-state index is -0.256. The van der Waals surface area contributed by atoms with Crippen molar-refractivity contribution in [2.24, 2.45) is 0 Å². The third-order valence-corrected chi connectivity index (χ3v) is 5.30. The number of piperidine rings is 1. The first-order chi connectivity index (χ1) is 12.5. The van der Waals surface area contributed by atoms with Crippen LogP contribution in [0.25, 0.3) is 0 Å². The Kier molecular flexibility index (Phi) is 7.68. The van der Waals surface area contributed by atoms with E-state index in [1.54, 1.807) is 36.4 Å². The second-order valence-corrected chi connectivity index (χ2v) is 7.37. The lowest BCUT2D eigenvalue weighted by atomic mass is 9.96. The van der Waals surface area contributed by atoms with Gasteiger partial charge in [-0.1, -0.05) is 41.4 Å². The topological polar surface area (TPSA) is 58.2 Å². The number of carbonyl (C=O) groups excluding carboxylic acids is 2. The zero-order valence-corrected chi connectivity index (χ0v) is 17.1. The van der Waals surface area contributed by atoms with Crippen LogP contribution in [0.15, 0.2) is 42.5 Å². The highest BCUT2D eigenvalue weighted by molar-refractivity contribution is 6.42. The van der Waals surface area contributed by atoms with Gasteiger partial charge in [-0.05, 0) is 50.6 Å². The lowest BCUT2D eigenvalue weighted by molar-refractivity contribution is 0.0916. The molecule has 1 aliphatic rings. The van der Waals surface area contributed by atoms with E-state index >= 15 is 0 Å². The normalized spacial score (nSPS) is 19.1. The van der Waals surface area contributed by atoms with Crippen molar-refractivity contribution in [3.05, 3.63) is 69.2 Å². The molecule has 1 aliphatic heterocycles. The summed E-state index contributed by atoms with van der Waals surface area (Å²) in [7, 11) is 0. The lowest BCUT2D eigenvalue weighted by Crippen LogP contribution is -2.46. The molecule has 2 aromatic carbocycles. The summed E-state index contributed by atoms with van der Waals surface area (Å²) < 4.78 is 0. The molecule has 27 heavy (non-hydrogen) atoms. The van der Waals surface area contributed by atoms with Crippen molar-refractivity contribution in [2.45, 2.75) is 31.8 Å². The summed E-state index contributed by atoms with van der Waals surface area (Å²) in [6.07, 6.45) is 1.74. The predicted octanol–water partition coefficient (Wildman–Crippen LogP) is 4.52. The van der Waals surface area contributed by atoms with Gasteiger partial charge in [0, 0.05) is 23.2 Å². The summed E-state index contributed by atoms with van der Waals surface area (Å²) in [5.74, 6) is -0.485. The van der Waals surface area contributed by atoms with E-state index in [0.717, 1.165) is 19.4 Å². The summed E-state index contributed by atoms with van der Waals surface area (Å²) in [4.78, 5) is 25.7. The van der Waals surface area contributed by atoms with Gasteiger partial charge >= 0.3 is 0 Å². The molecule has 0 aliphatic carbocycles. The third kappa shape index (κ3) is 5.23. The monoisotopic (exact) mass is 426 g/mol. The number of amides is 1. The van der Waals surface area contributed by atoms with E-state index in [0.29, 0.717) is 32.8 Å². The standard InChI is InChI=1S/C20H20Cl2N2O2.ClH/c1-12-10-14(8-9-23-12)24-20(26)16-5-3-2-4-15(16)19(25)13-6-7-17(21)18(22)11-13;/h2-7,11-12,14,23H,8-10H2,1H3,(H,24,26);1H. The number of halogens is 3. The van der Waals surface area contributed by atoms with Crippen molar-refractivity contribution in [1.82, 2.24) is 10.6 Å². The molecule has 0 spiro atoms. The van der Waals surface area contributed by atoms with Gasteiger partial charge in [0.2, 0.25) is 0 Å². The molecule has 2 atom stereocenters. The van der Waals surface area contributed by atoms with Crippen LogP contribution in [0.1, 0.15) is 46.0 Å². The Morgan fingerprint density at radius 3 is 2.44 bits per heavy atom. The van der Waals surface area contributed by atoms with Crippen LogP contribution in [0.3, 0.4) is 0 Å². The molecule has 1 fully saturated rings. The second kappa shape index (κ2) is 9.56. The summed E-state index contributed by atoms with van der Waals surface area (Å²) >= 11 is 11.9. The van der Waals surface area contributed by atoms with Gasteiger partial charge in [-0.25, -0.2) is 0 Å². The maximum atomic E-state index is 12.9. The SMILES string of the molecule is CC1CC(NC(=O)c2ccccc2C(=O)c2ccc(Cl)c(Cl)c2)CCN1.Cl. The molecule has 0 radical (unpaired) electrons. The Morgan fingerprint density at radius 2 is 1.78 bits per heavy atom. The Hall–Kier alpha value is -1.59. The quantitative estimate of drug-likeness (QED) is 0.706. The molecule has 1 saturated heterocycles. The smallest absolute Gasteiger partial charge is 0.252 e. The average Bonchev–Trinajstić information content (AvgIpc) is 2.63. The minimum Gasteiger partial charge on any atom is -0.349 e. The van der Waals surface area contributed by atoms with E-state index in [2.05, 4.69) is 17.6 Å².